The number of carbonyl (C=O) groups excluding carboxylic acids is 1. The quantitative estimate of drug-likeness (QED) is 0.436. The number of benzene rings is 2. The highest BCUT2D eigenvalue weighted by atomic mass is 35.5. The maximum atomic E-state index is 14.1. The average Bonchev–Trinajstić information content (AvgIpc) is 2.78. The third-order valence-electron chi connectivity index (χ3n) is 7.04. The summed E-state index contributed by atoms with van der Waals surface area (Å²) in [6.07, 6.45) is 3.14. The average molecular weight is 476 g/mol. The van der Waals surface area contributed by atoms with E-state index < -0.39 is 5.41 Å². The molecule has 1 heterocycles. The van der Waals surface area contributed by atoms with Gasteiger partial charge in [-0.15, -0.1) is 0 Å². The summed E-state index contributed by atoms with van der Waals surface area (Å²) >= 11 is 12.6. The minimum absolute atomic E-state index is 0.0552. The molecule has 0 saturated carbocycles. The Labute approximate surface area is 202 Å². The van der Waals surface area contributed by atoms with Gasteiger partial charge in [-0.1, -0.05) is 75.2 Å². The molecule has 3 rings (SSSR count). The van der Waals surface area contributed by atoms with Crippen molar-refractivity contribution in [3.63, 3.8) is 0 Å². The lowest BCUT2D eigenvalue weighted by Gasteiger charge is -2.52. The number of halogens is 2. The fraction of sp³-hybridized carbons (Fsp3) is 0.519. The van der Waals surface area contributed by atoms with Gasteiger partial charge in [-0.05, 0) is 67.0 Å². The number of rotatable bonds is 8. The second kappa shape index (κ2) is 10.6. The number of nitrogens with zero attached hydrogens (tertiary/aromatic N) is 1. The molecule has 0 bridgehead atoms. The first-order valence-corrected chi connectivity index (χ1v) is 12.4. The van der Waals surface area contributed by atoms with E-state index in [1.807, 2.05) is 49.4 Å². The summed E-state index contributed by atoms with van der Waals surface area (Å²) in [5.41, 5.74) is 1.68. The Morgan fingerprint density at radius 1 is 1.06 bits per heavy atom. The number of hydrogen-bond acceptors (Lipinski definition) is 2. The third-order valence-corrected chi connectivity index (χ3v) is 7.52. The smallest absolute Gasteiger partial charge is 0.229 e. The van der Waals surface area contributed by atoms with Gasteiger partial charge in [0.15, 0.2) is 0 Å². The van der Waals surface area contributed by atoms with Gasteiger partial charge in [-0.3, -0.25) is 4.79 Å². The fourth-order valence-corrected chi connectivity index (χ4v) is 5.81. The zero-order valence-electron chi connectivity index (χ0n) is 19.5. The van der Waals surface area contributed by atoms with Gasteiger partial charge in [0.1, 0.15) is 0 Å². The third kappa shape index (κ3) is 5.16. The van der Waals surface area contributed by atoms with Crippen molar-refractivity contribution in [3.8, 4) is 0 Å². The molecule has 1 aliphatic heterocycles. The van der Waals surface area contributed by atoms with Crippen LogP contribution in [0.5, 0.6) is 0 Å². The highest BCUT2D eigenvalue weighted by Crippen LogP contribution is 2.53. The molecule has 174 valence electrons. The molecule has 1 amide bonds. The molecule has 1 N–H and O–H groups in total. The van der Waals surface area contributed by atoms with Crippen molar-refractivity contribution in [1.82, 2.24) is 4.90 Å². The van der Waals surface area contributed by atoms with E-state index in [9.17, 15) is 9.90 Å². The monoisotopic (exact) mass is 475 g/mol. The van der Waals surface area contributed by atoms with Crippen LogP contribution in [0.15, 0.2) is 48.5 Å². The number of hydrogen-bond donors (Lipinski definition) is 1. The van der Waals surface area contributed by atoms with Crippen molar-refractivity contribution in [2.45, 2.75) is 71.4 Å². The van der Waals surface area contributed by atoms with Crippen molar-refractivity contribution in [2.75, 3.05) is 6.61 Å². The first-order valence-electron chi connectivity index (χ1n) is 11.7. The number of likely N-dealkylation sites (tertiary alicyclic amines) is 1. The fourth-order valence-electron chi connectivity index (χ4n) is 5.49. The van der Waals surface area contributed by atoms with Crippen LogP contribution in [-0.2, 0) is 4.79 Å². The molecular formula is C27H35Cl2NO2. The van der Waals surface area contributed by atoms with Crippen LogP contribution in [0.25, 0.3) is 0 Å². The van der Waals surface area contributed by atoms with E-state index >= 15 is 0 Å². The van der Waals surface area contributed by atoms with E-state index in [4.69, 9.17) is 23.2 Å². The van der Waals surface area contributed by atoms with Crippen molar-refractivity contribution >= 4 is 29.1 Å². The number of amides is 1. The second-order valence-electron chi connectivity index (χ2n) is 9.60. The van der Waals surface area contributed by atoms with Crippen molar-refractivity contribution < 1.29 is 9.90 Å². The first-order chi connectivity index (χ1) is 15.2. The van der Waals surface area contributed by atoms with E-state index in [0.717, 1.165) is 24.0 Å². The molecule has 0 radical (unpaired) electrons. The number of aliphatic hydroxyl groups is 1. The van der Waals surface area contributed by atoms with Crippen LogP contribution in [0.2, 0.25) is 10.0 Å². The van der Waals surface area contributed by atoms with Crippen molar-refractivity contribution in [1.29, 1.82) is 0 Å². The van der Waals surface area contributed by atoms with Crippen LogP contribution in [-0.4, -0.2) is 28.6 Å². The lowest BCUT2D eigenvalue weighted by Crippen LogP contribution is -2.55. The number of piperidine rings is 1. The topological polar surface area (TPSA) is 40.5 Å². The SMILES string of the molecule is CCC(CC)N1C(=O)[C@@](C)(CC(C)CO)C[C@H](c2cccc(Cl)c2)[C@H]1c1ccc(Cl)cc1. The summed E-state index contributed by atoms with van der Waals surface area (Å²) in [4.78, 5) is 16.3. The van der Waals surface area contributed by atoms with Crippen molar-refractivity contribution in [3.05, 3.63) is 69.7 Å². The molecule has 5 heteroatoms. The van der Waals surface area contributed by atoms with Crippen LogP contribution < -0.4 is 0 Å². The predicted molar refractivity (Wildman–Crippen MR) is 133 cm³/mol. The molecule has 2 aromatic rings. The molecule has 0 spiro atoms. The summed E-state index contributed by atoms with van der Waals surface area (Å²) in [7, 11) is 0. The van der Waals surface area contributed by atoms with Gasteiger partial charge in [0.25, 0.3) is 0 Å². The van der Waals surface area contributed by atoms with Gasteiger partial charge in [-0.2, -0.15) is 0 Å². The highest BCUT2D eigenvalue weighted by Gasteiger charge is 2.51. The Morgan fingerprint density at radius 2 is 1.72 bits per heavy atom. The molecule has 1 aliphatic rings. The highest BCUT2D eigenvalue weighted by molar-refractivity contribution is 6.30. The molecule has 0 aliphatic carbocycles. The Bertz CT molecular complexity index is 912. The summed E-state index contributed by atoms with van der Waals surface area (Å²) in [5.74, 6) is 0.327. The minimum atomic E-state index is -0.555. The van der Waals surface area contributed by atoms with Gasteiger partial charge in [0.2, 0.25) is 5.91 Å². The summed E-state index contributed by atoms with van der Waals surface area (Å²) in [6.45, 7) is 8.47. The zero-order valence-corrected chi connectivity index (χ0v) is 21.0. The Balaban J connectivity index is 2.20. The van der Waals surface area contributed by atoms with Crippen LogP contribution in [0.4, 0.5) is 0 Å². The largest absolute Gasteiger partial charge is 0.396 e. The van der Waals surface area contributed by atoms with E-state index in [1.54, 1.807) is 0 Å². The molecule has 2 aromatic carbocycles. The minimum Gasteiger partial charge on any atom is -0.396 e. The van der Waals surface area contributed by atoms with Gasteiger partial charge in [0, 0.05) is 34.0 Å². The molecule has 1 unspecified atom stereocenters. The number of aliphatic hydroxyl groups excluding tert-OH is 1. The summed E-state index contributed by atoms with van der Waals surface area (Å²) < 4.78 is 0. The van der Waals surface area contributed by atoms with Crippen LogP contribution >= 0.6 is 23.2 Å². The van der Waals surface area contributed by atoms with Crippen LogP contribution in [0.1, 0.15) is 76.5 Å². The molecule has 0 aromatic heterocycles. The Hall–Kier alpha value is -1.55. The molecule has 3 nitrogen and oxygen atoms in total. The van der Waals surface area contributed by atoms with E-state index in [-0.39, 0.29) is 36.4 Å². The van der Waals surface area contributed by atoms with E-state index in [2.05, 4.69) is 31.7 Å². The van der Waals surface area contributed by atoms with Gasteiger partial charge >= 0.3 is 0 Å². The first kappa shape index (κ1) is 25.1. The number of carbonyl (C=O) groups is 1. The molecule has 4 atom stereocenters. The predicted octanol–water partition coefficient (Wildman–Crippen LogP) is 7.26. The van der Waals surface area contributed by atoms with Crippen LogP contribution in [0.3, 0.4) is 0 Å². The van der Waals surface area contributed by atoms with E-state index in [1.165, 1.54) is 0 Å². The van der Waals surface area contributed by atoms with Gasteiger partial charge in [0.05, 0.1) is 6.04 Å². The Kier molecular flexibility index (Phi) is 8.30. The maximum Gasteiger partial charge on any atom is 0.229 e. The van der Waals surface area contributed by atoms with Gasteiger partial charge in [-0.25, -0.2) is 0 Å². The standard InChI is InChI=1S/C27H35Cl2NO2/c1-5-23(6-2)30-25(19-10-12-21(28)13-11-19)24(20-8-7-9-22(29)14-20)16-27(4,26(30)32)15-18(3)17-31/h7-14,18,23-25,31H,5-6,15-17H2,1-4H3/t18?,24-,25-,27+/m1/s1. The van der Waals surface area contributed by atoms with E-state index in [0.29, 0.717) is 22.9 Å². The lowest BCUT2D eigenvalue weighted by molar-refractivity contribution is -0.156. The molecule has 1 saturated heterocycles. The summed E-state index contributed by atoms with van der Waals surface area (Å²) in [5, 5.41) is 11.1. The zero-order chi connectivity index (χ0) is 23.5. The normalized spacial score (nSPS) is 24.8. The molecule has 1 fully saturated rings. The molecular weight excluding hydrogens is 441 g/mol. The van der Waals surface area contributed by atoms with Crippen molar-refractivity contribution in [2.24, 2.45) is 11.3 Å². The van der Waals surface area contributed by atoms with Crippen LogP contribution in [0, 0.1) is 11.3 Å². The maximum absolute atomic E-state index is 14.1. The lowest BCUT2D eigenvalue weighted by atomic mass is 9.65. The Morgan fingerprint density at radius 3 is 2.28 bits per heavy atom. The van der Waals surface area contributed by atoms with Gasteiger partial charge < -0.3 is 10.0 Å². The second-order valence-corrected chi connectivity index (χ2v) is 10.5. The molecule has 32 heavy (non-hydrogen) atoms. The summed E-state index contributed by atoms with van der Waals surface area (Å²) in [6, 6.07) is 16.0.